The van der Waals surface area contributed by atoms with Crippen LogP contribution in [0.1, 0.15) is 27.9 Å². The van der Waals surface area contributed by atoms with E-state index in [0.717, 1.165) is 23.3 Å². The third kappa shape index (κ3) is 3.11. The number of ketones is 1. The minimum atomic E-state index is 0.0759. The van der Waals surface area contributed by atoms with Crippen LogP contribution in [0.25, 0.3) is 0 Å². The summed E-state index contributed by atoms with van der Waals surface area (Å²) in [7, 11) is 3.24. The third-order valence-electron chi connectivity index (χ3n) is 4.03. The SMILES string of the molecule is COc1cc2c(cc1OC)C(CC(=O)c1ccccc1)=NCC2. The van der Waals surface area contributed by atoms with E-state index in [9.17, 15) is 4.79 Å². The Morgan fingerprint density at radius 3 is 2.48 bits per heavy atom. The molecule has 23 heavy (non-hydrogen) atoms. The zero-order valence-corrected chi connectivity index (χ0v) is 13.3. The van der Waals surface area contributed by atoms with Gasteiger partial charge in [-0.15, -0.1) is 0 Å². The Morgan fingerprint density at radius 1 is 1.09 bits per heavy atom. The summed E-state index contributed by atoms with van der Waals surface area (Å²) in [6.45, 7) is 0.694. The van der Waals surface area contributed by atoms with E-state index in [-0.39, 0.29) is 5.78 Å². The minimum absolute atomic E-state index is 0.0759. The molecule has 0 N–H and O–H groups in total. The normalized spacial score (nSPS) is 13.0. The van der Waals surface area contributed by atoms with Crippen molar-refractivity contribution in [2.75, 3.05) is 20.8 Å². The highest BCUT2D eigenvalue weighted by Gasteiger charge is 2.20. The Labute approximate surface area is 135 Å². The highest BCUT2D eigenvalue weighted by atomic mass is 16.5. The average Bonchev–Trinajstić information content (AvgIpc) is 2.61. The molecule has 4 heteroatoms. The van der Waals surface area contributed by atoms with Crippen LogP contribution in [0.5, 0.6) is 11.5 Å². The number of Topliss-reactive ketones (excluding diaryl/α,β-unsaturated/α-hetero) is 1. The van der Waals surface area contributed by atoms with Gasteiger partial charge in [-0.1, -0.05) is 30.3 Å². The van der Waals surface area contributed by atoms with Gasteiger partial charge in [0.05, 0.1) is 26.4 Å². The molecule has 0 radical (unpaired) electrons. The molecule has 0 atom stereocenters. The zero-order chi connectivity index (χ0) is 16.2. The summed E-state index contributed by atoms with van der Waals surface area (Å²) in [6.07, 6.45) is 1.14. The van der Waals surface area contributed by atoms with Gasteiger partial charge in [-0.25, -0.2) is 0 Å². The van der Waals surface area contributed by atoms with E-state index in [1.807, 2.05) is 42.5 Å². The second-order valence-electron chi connectivity index (χ2n) is 5.41. The van der Waals surface area contributed by atoms with Gasteiger partial charge < -0.3 is 9.47 Å². The maximum absolute atomic E-state index is 12.5. The maximum atomic E-state index is 12.5. The summed E-state index contributed by atoms with van der Waals surface area (Å²) < 4.78 is 10.7. The lowest BCUT2D eigenvalue weighted by molar-refractivity contribution is 0.100. The molecular formula is C19H19NO3. The molecule has 0 bridgehead atoms. The van der Waals surface area contributed by atoms with Crippen molar-refractivity contribution < 1.29 is 14.3 Å². The number of nitrogens with zero attached hydrogens (tertiary/aromatic N) is 1. The summed E-state index contributed by atoms with van der Waals surface area (Å²) in [5.41, 5.74) is 3.66. The van der Waals surface area contributed by atoms with Crippen molar-refractivity contribution in [1.82, 2.24) is 0 Å². The first-order valence-corrected chi connectivity index (χ1v) is 7.59. The number of aliphatic imine (C=N–C) groups is 1. The Kier molecular flexibility index (Phi) is 4.42. The molecule has 2 aromatic carbocycles. The topological polar surface area (TPSA) is 47.9 Å². The van der Waals surface area contributed by atoms with Crippen molar-refractivity contribution in [3.8, 4) is 11.5 Å². The molecule has 0 saturated heterocycles. The molecule has 4 nitrogen and oxygen atoms in total. The minimum Gasteiger partial charge on any atom is -0.493 e. The number of benzene rings is 2. The number of carbonyl (C=O) groups excluding carboxylic acids is 1. The van der Waals surface area contributed by atoms with Crippen molar-refractivity contribution in [2.24, 2.45) is 4.99 Å². The monoisotopic (exact) mass is 309 g/mol. The fraction of sp³-hybridized carbons (Fsp3) is 0.263. The van der Waals surface area contributed by atoms with E-state index in [4.69, 9.17) is 9.47 Å². The quantitative estimate of drug-likeness (QED) is 0.796. The smallest absolute Gasteiger partial charge is 0.168 e. The largest absolute Gasteiger partial charge is 0.493 e. The fourth-order valence-corrected chi connectivity index (χ4v) is 2.82. The van der Waals surface area contributed by atoms with Crippen LogP contribution in [0.4, 0.5) is 0 Å². The molecule has 0 saturated carbocycles. The summed E-state index contributed by atoms with van der Waals surface area (Å²) in [5.74, 6) is 1.45. The average molecular weight is 309 g/mol. The van der Waals surface area contributed by atoms with Crippen LogP contribution >= 0.6 is 0 Å². The van der Waals surface area contributed by atoms with Crippen LogP contribution in [-0.4, -0.2) is 32.3 Å². The highest BCUT2D eigenvalue weighted by Crippen LogP contribution is 2.33. The van der Waals surface area contributed by atoms with Crippen LogP contribution in [0.15, 0.2) is 47.5 Å². The van der Waals surface area contributed by atoms with E-state index < -0.39 is 0 Å². The van der Waals surface area contributed by atoms with Crippen molar-refractivity contribution in [1.29, 1.82) is 0 Å². The Morgan fingerprint density at radius 2 is 1.78 bits per heavy atom. The molecule has 0 amide bonds. The van der Waals surface area contributed by atoms with Crippen LogP contribution < -0.4 is 9.47 Å². The number of ether oxygens (including phenoxy) is 2. The van der Waals surface area contributed by atoms with Gasteiger partial charge in [-0.05, 0) is 24.1 Å². The molecule has 0 spiro atoms. The summed E-state index contributed by atoms with van der Waals surface area (Å²) in [5, 5.41) is 0. The van der Waals surface area contributed by atoms with Gasteiger partial charge in [0.1, 0.15) is 0 Å². The number of rotatable bonds is 5. The number of carbonyl (C=O) groups is 1. The van der Waals surface area contributed by atoms with Crippen LogP contribution in [0, 0.1) is 0 Å². The van der Waals surface area contributed by atoms with Crippen molar-refractivity contribution in [2.45, 2.75) is 12.8 Å². The lowest BCUT2D eigenvalue weighted by Gasteiger charge is -2.19. The molecule has 3 rings (SSSR count). The number of hydrogen-bond acceptors (Lipinski definition) is 4. The summed E-state index contributed by atoms with van der Waals surface area (Å²) in [4.78, 5) is 17.0. The molecule has 1 aliphatic rings. The molecule has 0 aliphatic carbocycles. The second kappa shape index (κ2) is 6.65. The second-order valence-corrected chi connectivity index (χ2v) is 5.41. The predicted molar refractivity (Wildman–Crippen MR) is 90.0 cm³/mol. The Bertz CT molecular complexity index is 751. The zero-order valence-electron chi connectivity index (χ0n) is 13.3. The standard InChI is InChI=1S/C19H19NO3/c1-22-18-10-14-8-9-20-16(15(14)11-19(18)23-2)12-17(21)13-6-4-3-5-7-13/h3-7,10-11H,8-9,12H2,1-2H3. The molecular weight excluding hydrogens is 290 g/mol. The Balaban J connectivity index is 1.91. The molecule has 2 aromatic rings. The van der Waals surface area contributed by atoms with Crippen molar-refractivity contribution in [3.63, 3.8) is 0 Å². The van der Waals surface area contributed by atoms with E-state index in [1.165, 1.54) is 0 Å². The van der Waals surface area contributed by atoms with Gasteiger partial charge in [0.15, 0.2) is 17.3 Å². The number of hydrogen-bond donors (Lipinski definition) is 0. The van der Waals surface area contributed by atoms with E-state index in [2.05, 4.69) is 4.99 Å². The first-order chi connectivity index (χ1) is 11.2. The van der Waals surface area contributed by atoms with Crippen LogP contribution in [0.3, 0.4) is 0 Å². The van der Waals surface area contributed by atoms with Gasteiger partial charge in [0.2, 0.25) is 0 Å². The fourth-order valence-electron chi connectivity index (χ4n) is 2.82. The maximum Gasteiger partial charge on any atom is 0.168 e. The van der Waals surface area contributed by atoms with Gasteiger partial charge >= 0.3 is 0 Å². The molecule has 0 unspecified atom stereocenters. The van der Waals surface area contributed by atoms with E-state index in [1.54, 1.807) is 14.2 Å². The van der Waals surface area contributed by atoms with Crippen LogP contribution in [0.2, 0.25) is 0 Å². The lowest BCUT2D eigenvalue weighted by atomic mass is 9.93. The molecule has 1 aliphatic heterocycles. The predicted octanol–water partition coefficient (Wildman–Crippen LogP) is 3.32. The van der Waals surface area contributed by atoms with Gasteiger partial charge in [-0.2, -0.15) is 0 Å². The first kappa shape index (κ1) is 15.3. The van der Waals surface area contributed by atoms with Crippen molar-refractivity contribution >= 4 is 11.5 Å². The first-order valence-electron chi connectivity index (χ1n) is 7.59. The Hall–Kier alpha value is -2.62. The van der Waals surface area contributed by atoms with E-state index in [0.29, 0.717) is 30.0 Å². The molecule has 0 fully saturated rings. The molecule has 118 valence electrons. The van der Waals surface area contributed by atoms with Gasteiger partial charge in [0, 0.05) is 17.7 Å². The summed E-state index contributed by atoms with van der Waals surface area (Å²) in [6, 6.07) is 13.2. The highest BCUT2D eigenvalue weighted by molar-refractivity contribution is 6.16. The van der Waals surface area contributed by atoms with Crippen molar-refractivity contribution in [3.05, 3.63) is 59.2 Å². The van der Waals surface area contributed by atoms with Gasteiger partial charge in [0.25, 0.3) is 0 Å². The van der Waals surface area contributed by atoms with Crippen LogP contribution in [-0.2, 0) is 6.42 Å². The molecule has 0 aromatic heterocycles. The third-order valence-corrected chi connectivity index (χ3v) is 4.03. The number of methoxy groups -OCH3 is 2. The lowest BCUT2D eigenvalue weighted by Crippen LogP contribution is -2.17. The number of fused-ring (bicyclic) bond motifs is 1. The summed E-state index contributed by atoms with van der Waals surface area (Å²) >= 11 is 0. The van der Waals surface area contributed by atoms with Gasteiger partial charge in [-0.3, -0.25) is 9.79 Å². The van der Waals surface area contributed by atoms with E-state index >= 15 is 0 Å². The molecule has 1 heterocycles.